The average molecular weight is 326 g/mol. The first-order valence-corrected chi connectivity index (χ1v) is 7.91. The number of nitrogens with zero attached hydrogens (tertiary/aromatic N) is 1. The second-order valence-electron chi connectivity index (χ2n) is 5.75. The number of likely N-dealkylation sites (N-methyl/N-ethyl adjacent to an activating group) is 1. The molecule has 0 amide bonds. The van der Waals surface area contributed by atoms with E-state index in [9.17, 15) is 8.78 Å². The van der Waals surface area contributed by atoms with E-state index < -0.39 is 12.0 Å². The Morgan fingerprint density at radius 2 is 2.09 bits per heavy atom. The molecule has 0 aromatic heterocycles. The maximum atomic E-state index is 14.1. The number of halogens is 2. The number of allylic oxidation sites excluding steroid dienone is 3. The molecule has 0 saturated heterocycles. The summed E-state index contributed by atoms with van der Waals surface area (Å²) in [5, 5.41) is 0. The molecule has 0 bridgehead atoms. The van der Waals surface area contributed by atoms with Gasteiger partial charge in [-0.3, -0.25) is 0 Å². The fraction of sp³-hybridized carbons (Fsp3) is 0.529. The summed E-state index contributed by atoms with van der Waals surface area (Å²) in [6.07, 6.45) is 5.31. The minimum absolute atomic E-state index is 0.0856. The Hall–Kier alpha value is -1.66. The predicted molar refractivity (Wildman–Crippen MR) is 91.7 cm³/mol. The summed E-state index contributed by atoms with van der Waals surface area (Å²) in [4.78, 5) is 1.86. The number of hydrogen-bond acceptors (Lipinski definition) is 4. The summed E-state index contributed by atoms with van der Waals surface area (Å²) in [6, 6.07) is 0. The molecule has 1 heterocycles. The summed E-state index contributed by atoms with van der Waals surface area (Å²) in [6.45, 7) is 2.75. The largest absolute Gasteiger partial charge is 0.385 e. The van der Waals surface area contributed by atoms with Crippen LogP contribution in [0.5, 0.6) is 0 Å². The van der Waals surface area contributed by atoms with Crippen molar-refractivity contribution in [3.63, 3.8) is 0 Å². The van der Waals surface area contributed by atoms with Crippen molar-refractivity contribution in [3.8, 4) is 0 Å². The molecule has 130 valence electrons. The molecular formula is C17H28F2N4. The Balaban J connectivity index is 2.92. The minimum Gasteiger partial charge on any atom is -0.385 e. The van der Waals surface area contributed by atoms with Crippen LogP contribution in [0.1, 0.15) is 26.2 Å². The van der Waals surface area contributed by atoms with Crippen LogP contribution < -0.4 is 17.2 Å². The van der Waals surface area contributed by atoms with Gasteiger partial charge < -0.3 is 22.1 Å². The molecule has 1 atom stereocenters. The van der Waals surface area contributed by atoms with E-state index in [0.29, 0.717) is 31.9 Å². The van der Waals surface area contributed by atoms with Crippen LogP contribution in [0.3, 0.4) is 0 Å². The third-order valence-electron chi connectivity index (χ3n) is 3.81. The minimum atomic E-state index is -1.36. The van der Waals surface area contributed by atoms with Gasteiger partial charge in [0.25, 0.3) is 0 Å². The van der Waals surface area contributed by atoms with E-state index in [1.165, 1.54) is 13.0 Å². The van der Waals surface area contributed by atoms with Crippen molar-refractivity contribution in [1.82, 2.24) is 4.90 Å². The van der Waals surface area contributed by atoms with Crippen molar-refractivity contribution < 1.29 is 8.78 Å². The van der Waals surface area contributed by atoms with E-state index in [1.54, 1.807) is 6.08 Å². The van der Waals surface area contributed by atoms with Crippen molar-refractivity contribution in [1.29, 1.82) is 0 Å². The summed E-state index contributed by atoms with van der Waals surface area (Å²) >= 11 is 0. The van der Waals surface area contributed by atoms with Gasteiger partial charge in [0.15, 0.2) is 0 Å². The quantitative estimate of drug-likeness (QED) is 0.472. The van der Waals surface area contributed by atoms with Crippen LogP contribution in [-0.4, -0.2) is 37.8 Å². The zero-order valence-corrected chi connectivity index (χ0v) is 14.0. The van der Waals surface area contributed by atoms with Gasteiger partial charge in [-0.25, -0.2) is 8.78 Å². The number of unbranched alkanes of at least 4 members (excludes halogenated alkanes) is 1. The first-order chi connectivity index (χ1) is 10.9. The van der Waals surface area contributed by atoms with Crippen LogP contribution in [0.2, 0.25) is 0 Å². The fourth-order valence-corrected chi connectivity index (χ4v) is 2.42. The van der Waals surface area contributed by atoms with Crippen LogP contribution in [0.15, 0.2) is 46.6 Å². The third kappa shape index (κ3) is 5.80. The lowest BCUT2D eigenvalue weighted by Crippen LogP contribution is -2.31. The zero-order chi connectivity index (χ0) is 17.4. The average Bonchev–Trinajstić information content (AvgIpc) is 2.50. The smallest absolute Gasteiger partial charge is 0.125 e. The molecule has 6 heteroatoms. The molecule has 0 fully saturated rings. The topological polar surface area (TPSA) is 81.3 Å². The fourth-order valence-electron chi connectivity index (χ4n) is 2.42. The van der Waals surface area contributed by atoms with E-state index in [-0.39, 0.29) is 12.0 Å². The highest BCUT2D eigenvalue weighted by atomic mass is 19.1. The van der Waals surface area contributed by atoms with Crippen LogP contribution in [0.4, 0.5) is 8.78 Å². The van der Waals surface area contributed by atoms with Gasteiger partial charge in [0, 0.05) is 31.3 Å². The van der Waals surface area contributed by atoms with Gasteiger partial charge in [0.2, 0.25) is 0 Å². The molecule has 6 N–H and O–H groups in total. The molecular weight excluding hydrogens is 298 g/mol. The lowest BCUT2D eigenvalue weighted by atomic mass is 10.0. The molecule has 0 saturated carbocycles. The van der Waals surface area contributed by atoms with Gasteiger partial charge in [-0.2, -0.15) is 0 Å². The summed E-state index contributed by atoms with van der Waals surface area (Å²) in [7, 11) is 1.85. The molecule has 0 aliphatic carbocycles. The monoisotopic (exact) mass is 326 g/mol. The van der Waals surface area contributed by atoms with Crippen LogP contribution in [-0.2, 0) is 0 Å². The number of hydrogen-bond donors (Lipinski definition) is 3. The second-order valence-corrected chi connectivity index (χ2v) is 5.75. The SMILES string of the molecule is CC(F)/C(C=CC1=CC(CN)=C(N)N(C)C1)=C(/F)CCCCN. The lowest BCUT2D eigenvalue weighted by Gasteiger charge is -2.26. The van der Waals surface area contributed by atoms with Crippen molar-refractivity contribution >= 4 is 0 Å². The van der Waals surface area contributed by atoms with Crippen LogP contribution >= 0.6 is 0 Å². The summed E-state index contributed by atoms with van der Waals surface area (Å²) in [5.74, 6) is 0.218. The van der Waals surface area contributed by atoms with E-state index in [2.05, 4.69) is 0 Å². The van der Waals surface area contributed by atoms with E-state index >= 15 is 0 Å². The normalized spacial score (nSPS) is 18.3. The van der Waals surface area contributed by atoms with E-state index in [4.69, 9.17) is 17.2 Å². The molecule has 0 spiro atoms. The molecule has 1 aliphatic heterocycles. The maximum absolute atomic E-state index is 14.1. The standard InChI is InChI=1S/C17H28F2N4/c1-12(18)15(16(19)5-3-4-8-20)7-6-13-9-14(10-21)17(22)23(2)11-13/h6-7,9,12H,3-5,8,10-11,20-22H2,1-2H3/b7-6?,16-15+. The second kappa shape index (κ2) is 9.47. The Bertz CT molecular complexity index is 519. The molecule has 1 unspecified atom stereocenters. The molecule has 4 nitrogen and oxygen atoms in total. The number of rotatable bonds is 8. The van der Waals surface area contributed by atoms with Gasteiger partial charge in [-0.1, -0.05) is 12.2 Å². The van der Waals surface area contributed by atoms with Crippen molar-refractivity contribution in [3.05, 3.63) is 46.6 Å². The van der Waals surface area contributed by atoms with Crippen molar-refractivity contribution in [2.45, 2.75) is 32.4 Å². The molecule has 1 rings (SSSR count). The van der Waals surface area contributed by atoms with Crippen LogP contribution in [0.25, 0.3) is 0 Å². The van der Waals surface area contributed by atoms with Gasteiger partial charge >= 0.3 is 0 Å². The number of nitrogens with two attached hydrogens (primary N) is 3. The lowest BCUT2D eigenvalue weighted by molar-refractivity contribution is 0.401. The van der Waals surface area contributed by atoms with E-state index in [1.807, 2.05) is 18.0 Å². The van der Waals surface area contributed by atoms with Gasteiger partial charge in [0.05, 0.1) is 0 Å². The van der Waals surface area contributed by atoms with Gasteiger partial charge in [0.1, 0.15) is 17.8 Å². The van der Waals surface area contributed by atoms with E-state index in [0.717, 1.165) is 17.6 Å². The first-order valence-electron chi connectivity index (χ1n) is 7.91. The Morgan fingerprint density at radius 3 is 2.65 bits per heavy atom. The van der Waals surface area contributed by atoms with Crippen LogP contribution in [0, 0.1) is 0 Å². The zero-order valence-electron chi connectivity index (χ0n) is 14.0. The molecule has 23 heavy (non-hydrogen) atoms. The Labute approximate surface area is 137 Å². The highest BCUT2D eigenvalue weighted by Crippen LogP contribution is 2.22. The first kappa shape index (κ1) is 19.4. The van der Waals surface area contributed by atoms with Crippen molar-refractivity contribution in [2.75, 3.05) is 26.7 Å². The predicted octanol–water partition coefficient (Wildman–Crippen LogP) is 2.25. The van der Waals surface area contributed by atoms with Crippen molar-refractivity contribution in [2.24, 2.45) is 17.2 Å². The maximum Gasteiger partial charge on any atom is 0.125 e. The summed E-state index contributed by atoms with van der Waals surface area (Å²) in [5.41, 5.74) is 18.8. The molecule has 1 aliphatic rings. The Kier molecular flexibility index (Phi) is 7.98. The molecule has 0 aromatic rings. The van der Waals surface area contributed by atoms with Gasteiger partial charge in [-0.15, -0.1) is 0 Å². The third-order valence-corrected chi connectivity index (χ3v) is 3.81. The summed E-state index contributed by atoms with van der Waals surface area (Å²) < 4.78 is 27.9. The molecule has 0 radical (unpaired) electrons. The Morgan fingerprint density at radius 1 is 1.39 bits per heavy atom. The highest BCUT2D eigenvalue weighted by Gasteiger charge is 2.15. The molecule has 0 aromatic carbocycles. The van der Waals surface area contributed by atoms with Gasteiger partial charge in [-0.05, 0) is 44.4 Å². The number of alkyl halides is 1. The highest BCUT2D eigenvalue weighted by molar-refractivity contribution is 5.40.